The highest BCUT2D eigenvalue weighted by molar-refractivity contribution is 5.89. The molecule has 0 radical (unpaired) electrons. The lowest BCUT2D eigenvalue weighted by Crippen LogP contribution is -2.45. The fourth-order valence-corrected chi connectivity index (χ4v) is 6.49. The number of carboxylic acid groups (broad SMARTS) is 1. The first-order chi connectivity index (χ1) is 20.7. The van der Waals surface area contributed by atoms with E-state index in [0.29, 0.717) is 51.7 Å². The molecular formula is C33H52FN3O7. The molecule has 248 valence electrons. The van der Waals surface area contributed by atoms with Gasteiger partial charge in [-0.15, -0.1) is 0 Å². The van der Waals surface area contributed by atoms with E-state index in [2.05, 4.69) is 19.2 Å². The minimum absolute atomic E-state index is 0.0165. The quantitative estimate of drug-likeness (QED) is 0.138. The molecule has 2 saturated carbocycles. The number of rotatable bonds is 20. The summed E-state index contributed by atoms with van der Waals surface area (Å²) in [5.41, 5.74) is 11.1. The smallest absolute Gasteiger partial charge is 0.309 e. The number of carbonyl (C=O) groups excluding carboxylic acids is 2. The van der Waals surface area contributed by atoms with E-state index in [1.165, 1.54) is 6.07 Å². The van der Waals surface area contributed by atoms with Gasteiger partial charge in [-0.3, -0.25) is 14.4 Å². The van der Waals surface area contributed by atoms with Gasteiger partial charge in [0.05, 0.1) is 23.5 Å². The zero-order valence-corrected chi connectivity index (χ0v) is 26.8. The molecule has 0 aromatic heterocycles. The van der Waals surface area contributed by atoms with Crippen molar-refractivity contribution in [1.82, 2.24) is 5.32 Å². The van der Waals surface area contributed by atoms with Gasteiger partial charge in [-0.2, -0.15) is 0 Å². The highest BCUT2D eigenvalue weighted by atomic mass is 19.1. The van der Waals surface area contributed by atoms with Crippen LogP contribution >= 0.6 is 0 Å². The first-order valence-corrected chi connectivity index (χ1v) is 15.8. The zero-order valence-electron chi connectivity index (χ0n) is 26.8. The molecule has 2 fully saturated rings. The first-order valence-electron chi connectivity index (χ1n) is 15.8. The summed E-state index contributed by atoms with van der Waals surface area (Å²) in [6, 6.07) is 4.25. The van der Waals surface area contributed by atoms with Crippen LogP contribution in [0.5, 0.6) is 5.75 Å². The van der Waals surface area contributed by atoms with Crippen LogP contribution in [0.2, 0.25) is 0 Å². The van der Waals surface area contributed by atoms with Crippen LogP contribution in [0.15, 0.2) is 18.2 Å². The summed E-state index contributed by atoms with van der Waals surface area (Å²) in [5.74, 6) is -2.81. The van der Waals surface area contributed by atoms with Gasteiger partial charge in [0.1, 0.15) is 0 Å². The predicted molar refractivity (Wildman–Crippen MR) is 164 cm³/mol. The topological polar surface area (TPSA) is 174 Å². The van der Waals surface area contributed by atoms with Gasteiger partial charge in [0.2, 0.25) is 11.8 Å². The van der Waals surface area contributed by atoms with Crippen molar-refractivity contribution < 1.29 is 38.5 Å². The number of aliphatic hydroxyl groups is 1. The van der Waals surface area contributed by atoms with Gasteiger partial charge >= 0.3 is 5.97 Å². The SMILES string of the molecule is COCCCOc1cc(C[C@@H](C[C@H](N)[C@@H](O)C[C@H](C(=O)NCC2(C(N)=O)CC2C2(C(=O)O)CC2)C(C)C)C(C)C)ccc1F. The number of carboxylic acids is 1. The summed E-state index contributed by atoms with van der Waals surface area (Å²) in [6.45, 7) is 8.78. The minimum Gasteiger partial charge on any atom is -0.490 e. The van der Waals surface area contributed by atoms with Crippen molar-refractivity contribution >= 4 is 17.8 Å². The Balaban J connectivity index is 1.58. The lowest BCUT2D eigenvalue weighted by molar-refractivity contribution is -0.144. The largest absolute Gasteiger partial charge is 0.490 e. The molecule has 0 aliphatic heterocycles. The second-order valence-corrected chi connectivity index (χ2v) is 13.7. The van der Waals surface area contributed by atoms with Gasteiger partial charge in [0.25, 0.3) is 0 Å². The summed E-state index contributed by atoms with van der Waals surface area (Å²) in [6.07, 6.45) is 2.31. The Kier molecular flexibility index (Phi) is 12.2. The number of nitrogens with two attached hydrogens (primary N) is 2. The van der Waals surface area contributed by atoms with Crippen LogP contribution in [0.1, 0.15) is 71.8 Å². The molecule has 1 aromatic rings. The predicted octanol–water partition coefficient (Wildman–Crippen LogP) is 3.27. The third-order valence-electron chi connectivity index (χ3n) is 9.92. The van der Waals surface area contributed by atoms with E-state index in [0.717, 1.165) is 5.56 Å². The fraction of sp³-hybridized carbons (Fsp3) is 0.727. The van der Waals surface area contributed by atoms with Crippen molar-refractivity contribution in [3.8, 4) is 5.75 Å². The molecule has 3 rings (SSSR count). The van der Waals surface area contributed by atoms with Gasteiger partial charge in [-0.25, -0.2) is 4.39 Å². The standard InChI is InChI=1S/C33H52FN3O7/c1-19(2)22(13-21-7-8-24(34)27(14-21)44-12-6-11-43-5)15-25(35)26(38)16-23(20(3)4)29(39)37-18-33(30(36)40)17-28(33)32(9-10-32)31(41)42/h7-8,14,19-20,22-23,25-26,28,38H,6,9-13,15-18,35H2,1-5H3,(H2,36,40)(H,37,39)(H,41,42)/t22-,23-,25-,26-,28?,33?/m0/s1. The normalized spacial score (nSPS) is 23.1. The molecule has 0 bridgehead atoms. The molecule has 2 aliphatic rings. The average Bonchev–Trinajstić information content (AvgIpc) is 3.87. The van der Waals surface area contributed by atoms with Gasteiger partial charge in [-0.05, 0) is 79.9 Å². The molecule has 7 N–H and O–H groups in total. The summed E-state index contributed by atoms with van der Waals surface area (Å²) in [7, 11) is 1.60. The van der Waals surface area contributed by atoms with Crippen LogP contribution in [0.3, 0.4) is 0 Å². The van der Waals surface area contributed by atoms with E-state index in [9.17, 15) is 29.0 Å². The highest BCUT2D eigenvalue weighted by Crippen LogP contribution is 2.70. The third-order valence-corrected chi connectivity index (χ3v) is 9.92. The van der Waals surface area contributed by atoms with Crippen molar-refractivity contribution in [1.29, 1.82) is 0 Å². The Morgan fingerprint density at radius 3 is 2.34 bits per heavy atom. The Hall–Kier alpha value is -2.76. The zero-order chi connectivity index (χ0) is 32.8. The molecule has 6 atom stereocenters. The second kappa shape index (κ2) is 15.0. The van der Waals surface area contributed by atoms with Crippen molar-refractivity contribution in [3.05, 3.63) is 29.6 Å². The number of ether oxygens (including phenoxy) is 2. The minimum atomic E-state index is -1.05. The van der Waals surface area contributed by atoms with Crippen molar-refractivity contribution in [2.24, 2.45) is 51.9 Å². The number of hydrogen-bond donors (Lipinski definition) is 5. The number of aliphatic carboxylic acids is 1. The highest BCUT2D eigenvalue weighted by Gasteiger charge is 2.73. The Morgan fingerprint density at radius 2 is 1.80 bits per heavy atom. The van der Waals surface area contributed by atoms with Crippen LogP contribution in [0.4, 0.5) is 4.39 Å². The molecule has 2 aliphatic carbocycles. The molecule has 0 spiro atoms. The van der Waals surface area contributed by atoms with Crippen LogP contribution < -0.4 is 21.5 Å². The van der Waals surface area contributed by atoms with Crippen molar-refractivity contribution in [2.45, 2.75) is 84.8 Å². The summed E-state index contributed by atoms with van der Waals surface area (Å²) < 4.78 is 25.0. The van der Waals surface area contributed by atoms with Gasteiger partial charge in [-0.1, -0.05) is 33.8 Å². The van der Waals surface area contributed by atoms with E-state index in [4.69, 9.17) is 20.9 Å². The van der Waals surface area contributed by atoms with Crippen molar-refractivity contribution in [2.75, 3.05) is 26.9 Å². The maximum atomic E-state index is 14.3. The number of carbonyl (C=O) groups is 3. The molecule has 10 nitrogen and oxygen atoms in total. The number of amides is 2. The lowest BCUT2D eigenvalue weighted by atomic mass is 9.80. The number of nitrogens with one attached hydrogen (secondary N) is 1. The number of methoxy groups -OCH3 is 1. The van der Waals surface area contributed by atoms with Crippen LogP contribution in [0, 0.1) is 46.2 Å². The van der Waals surface area contributed by atoms with Crippen LogP contribution in [-0.4, -0.2) is 67.0 Å². The lowest BCUT2D eigenvalue weighted by Gasteiger charge is -2.30. The molecular weight excluding hydrogens is 569 g/mol. The number of aliphatic hydroxyl groups excluding tert-OH is 1. The van der Waals surface area contributed by atoms with Crippen LogP contribution in [-0.2, 0) is 25.5 Å². The monoisotopic (exact) mass is 621 g/mol. The molecule has 1 aromatic carbocycles. The second-order valence-electron chi connectivity index (χ2n) is 13.7. The van der Waals surface area contributed by atoms with Crippen molar-refractivity contribution in [3.63, 3.8) is 0 Å². The van der Waals surface area contributed by atoms with Gasteiger partial charge in [0, 0.05) is 38.6 Å². The fourth-order valence-electron chi connectivity index (χ4n) is 6.49. The number of halogens is 1. The first kappa shape index (κ1) is 35.7. The summed E-state index contributed by atoms with van der Waals surface area (Å²) in [4.78, 5) is 37.5. The molecule has 44 heavy (non-hydrogen) atoms. The number of hydrogen-bond acceptors (Lipinski definition) is 7. The van der Waals surface area contributed by atoms with E-state index >= 15 is 0 Å². The van der Waals surface area contributed by atoms with Crippen LogP contribution in [0.25, 0.3) is 0 Å². The maximum absolute atomic E-state index is 14.3. The van der Waals surface area contributed by atoms with Gasteiger partial charge in [0.15, 0.2) is 11.6 Å². The van der Waals surface area contributed by atoms with E-state index in [-0.39, 0.29) is 48.3 Å². The molecule has 2 unspecified atom stereocenters. The Morgan fingerprint density at radius 1 is 1.11 bits per heavy atom. The number of benzene rings is 1. The summed E-state index contributed by atoms with van der Waals surface area (Å²) in [5, 5.41) is 23.6. The Bertz CT molecular complexity index is 1160. The Labute approximate surface area is 260 Å². The van der Waals surface area contributed by atoms with E-state index in [1.54, 1.807) is 19.2 Å². The number of primary amides is 1. The maximum Gasteiger partial charge on any atom is 0.309 e. The molecule has 2 amide bonds. The molecule has 0 saturated heterocycles. The summed E-state index contributed by atoms with van der Waals surface area (Å²) >= 11 is 0. The average molecular weight is 622 g/mol. The third kappa shape index (κ3) is 8.48. The van der Waals surface area contributed by atoms with E-state index in [1.807, 2.05) is 13.8 Å². The molecule has 11 heteroatoms. The van der Waals surface area contributed by atoms with E-state index < -0.39 is 46.6 Å². The molecule has 0 heterocycles. The van der Waals surface area contributed by atoms with Gasteiger partial charge < -0.3 is 36.5 Å².